The molecule has 0 fully saturated rings. The van der Waals surface area contributed by atoms with E-state index in [0.29, 0.717) is 17.8 Å². The molecule has 0 aliphatic heterocycles. The molecule has 0 saturated heterocycles. The van der Waals surface area contributed by atoms with Crippen LogP contribution < -0.4 is 16.2 Å². The zero-order chi connectivity index (χ0) is 13.9. The smallest absolute Gasteiger partial charge is 0.145 e. The number of aromatic nitrogens is 2. The highest BCUT2D eigenvalue weighted by Gasteiger charge is 2.17. The SMILES string of the molecule is CC(C)c1nc(NN)cc(N(C)C(C)C(C)C)n1. The molecule has 1 unspecified atom stereocenters. The van der Waals surface area contributed by atoms with Gasteiger partial charge in [0.05, 0.1) is 0 Å². The van der Waals surface area contributed by atoms with Crippen molar-refractivity contribution in [3.63, 3.8) is 0 Å². The van der Waals surface area contributed by atoms with Crippen LogP contribution in [0.4, 0.5) is 11.6 Å². The summed E-state index contributed by atoms with van der Waals surface area (Å²) in [5.41, 5.74) is 2.61. The third kappa shape index (κ3) is 3.32. The van der Waals surface area contributed by atoms with Crippen molar-refractivity contribution in [2.24, 2.45) is 11.8 Å². The van der Waals surface area contributed by atoms with Crippen LogP contribution in [0.25, 0.3) is 0 Å². The number of nitrogens with zero attached hydrogens (tertiary/aromatic N) is 3. The van der Waals surface area contributed by atoms with Gasteiger partial charge < -0.3 is 10.3 Å². The topological polar surface area (TPSA) is 67.1 Å². The molecular formula is C13H25N5. The molecule has 18 heavy (non-hydrogen) atoms. The van der Waals surface area contributed by atoms with Crippen molar-refractivity contribution in [1.82, 2.24) is 9.97 Å². The van der Waals surface area contributed by atoms with Crippen LogP contribution in [0.5, 0.6) is 0 Å². The number of hydrogen-bond donors (Lipinski definition) is 2. The van der Waals surface area contributed by atoms with E-state index in [1.54, 1.807) is 0 Å². The molecular weight excluding hydrogens is 226 g/mol. The van der Waals surface area contributed by atoms with E-state index in [1.807, 2.05) is 6.07 Å². The first-order valence-electron chi connectivity index (χ1n) is 6.45. The van der Waals surface area contributed by atoms with Crippen molar-refractivity contribution in [3.05, 3.63) is 11.9 Å². The lowest BCUT2D eigenvalue weighted by molar-refractivity contribution is 0.501. The van der Waals surface area contributed by atoms with E-state index >= 15 is 0 Å². The standard InChI is InChI=1S/C13H25N5/c1-8(2)10(5)18(6)12-7-11(17-14)15-13(16-12)9(3)4/h7-10H,14H2,1-6H3,(H,15,16,17). The Morgan fingerprint density at radius 3 is 2.22 bits per heavy atom. The molecule has 0 aliphatic carbocycles. The number of nitrogens with one attached hydrogen (secondary N) is 1. The van der Waals surface area contributed by atoms with Crippen LogP contribution in [0.2, 0.25) is 0 Å². The largest absolute Gasteiger partial charge is 0.357 e. The second-order valence-corrected chi connectivity index (χ2v) is 5.36. The molecule has 102 valence electrons. The van der Waals surface area contributed by atoms with Gasteiger partial charge >= 0.3 is 0 Å². The van der Waals surface area contributed by atoms with Crippen LogP contribution in [0, 0.1) is 5.92 Å². The molecule has 1 atom stereocenters. The van der Waals surface area contributed by atoms with E-state index in [4.69, 9.17) is 5.84 Å². The predicted octanol–water partition coefficient (Wildman–Crippen LogP) is 2.37. The fourth-order valence-corrected chi connectivity index (χ4v) is 1.62. The minimum Gasteiger partial charge on any atom is -0.357 e. The average molecular weight is 251 g/mol. The Bertz CT molecular complexity index is 389. The van der Waals surface area contributed by atoms with Crippen LogP contribution in [0.15, 0.2) is 6.07 Å². The van der Waals surface area contributed by atoms with Crippen LogP contribution in [-0.4, -0.2) is 23.1 Å². The Morgan fingerprint density at radius 2 is 1.78 bits per heavy atom. The van der Waals surface area contributed by atoms with Gasteiger partial charge in [-0.15, -0.1) is 0 Å². The van der Waals surface area contributed by atoms with Crippen LogP contribution in [0.1, 0.15) is 46.4 Å². The summed E-state index contributed by atoms with van der Waals surface area (Å²) >= 11 is 0. The number of anilines is 2. The summed E-state index contributed by atoms with van der Waals surface area (Å²) in [4.78, 5) is 11.1. The zero-order valence-corrected chi connectivity index (χ0v) is 12.2. The molecule has 1 aromatic heterocycles. The van der Waals surface area contributed by atoms with E-state index in [0.717, 1.165) is 11.6 Å². The molecule has 0 radical (unpaired) electrons. The Hall–Kier alpha value is -1.36. The Balaban J connectivity index is 3.11. The summed E-state index contributed by atoms with van der Waals surface area (Å²) < 4.78 is 0. The van der Waals surface area contributed by atoms with E-state index in [-0.39, 0.29) is 5.92 Å². The normalized spacial score (nSPS) is 12.9. The fraction of sp³-hybridized carbons (Fsp3) is 0.692. The highest BCUT2D eigenvalue weighted by molar-refractivity contribution is 5.49. The molecule has 1 rings (SSSR count). The third-order valence-corrected chi connectivity index (χ3v) is 3.33. The van der Waals surface area contributed by atoms with Crippen LogP contribution >= 0.6 is 0 Å². The van der Waals surface area contributed by atoms with Gasteiger partial charge in [0, 0.05) is 25.1 Å². The number of nitrogen functional groups attached to an aromatic ring is 1. The second-order valence-electron chi connectivity index (χ2n) is 5.36. The van der Waals surface area contributed by atoms with Gasteiger partial charge in [0.15, 0.2) is 0 Å². The van der Waals surface area contributed by atoms with Gasteiger partial charge in [-0.25, -0.2) is 15.8 Å². The second kappa shape index (κ2) is 6.00. The van der Waals surface area contributed by atoms with Crippen molar-refractivity contribution in [2.45, 2.75) is 46.6 Å². The molecule has 0 bridgehead atoms. The number of hydrazine groups is 1. The summed E-state index contributed by atoms with van der Waals surface area (Å²) in [5, 5.41) is 0. The van der Waals surface area contributed by atoms with Gasteiger partial charge in [-0.2, -0.15) is 0 Å². The van der Waals surface area contributed by atoms with Gasteiger partial charge in [0.1, 0.15) is 17.5 Å². The minimum atomic E-state index is 0.278. The van der Waals surface area contributed by atoms with Crippen molar-refractivity contribution in [2.75, 3.05) is 17.4 Å². The van der Waals surface area contributed by atoms with E-state index in [9.17, 15) is 0 Å². The van der Waals surface area contributed by atoms with Crippen LogP contribution in [0.3, 0.4) is 0 Å². The first kappa shape index (κ1) is 14.7. The first-order valence-corrected chi connectivity index (χ1v) is 6.45. The lowest BCUT2D eigenvalue weighted by Gasteiger charge is -2.29. The van der Waals surface area contributed by atoms with Crippen LogP contribution in [-0.2, 0) is 0 Å². The van der Waals surface area contributed by atoms with Crippen molar-refractivity contribution in [3.8, 4) is 0 Å². The predicted molar refractivity (Wildman–Crippen MR) is 76.6 cm³/mol. The maximum atomic E-state index is 5.47. The Labute approximate surface area is 110 Å². The summed E-state index contributed by atoms with van der Waals surface area (Å²) in [6.07, 6.45) is 0. The first-order chi connectivity index (χ1) is 8.36. The Kier molecular flexibility index (Phi) is 4.90. The van der Waals surface area contributed by atoms with Crippen molar-refractivity contribution < 1.29 is 0 Å². The molecule has 0 aromatic carbocycles. The summed E-state index contributed by atoms with van der Waals surface area (Å²) in [6.45, 7) is 10.7. The Morgan fingerprint density at radius 1 is 1.17 bits per heavy atom. The molecule has 5 nitrogen and oxygen atoms in total. The lowest BCUT2D eigenvalue weighted by atomic mass is 10.1. The average Bonchev–Trinajstić information content (AvgIpc) is 2.35. The number of rotatable bonds is 5. The summed E-state index contributed by atoms with van der Waals surface area (Å²) in [5.74, 6) is 8.67. The number of nitrogens with two attached hydrogens (primary N) is 1. The summed E-state index contributed by atoms with van der Waals surface area (Å²) in [6, 6.07) is 2.29. The third-order valence-electron chi connectivity index (χ3n) is 3.33. The van der Waals surface area contributed by atoms with Gasteiger partial charge in [0.2, 0.25) is 0 Å². The molecule has 0 amide bonds. The minimum absolute atomic E-state index is 0.278. The van der Waals surface area contributed by atoms with E-state index < -0.39 is 0 Å². The molecule has 3 N–H and O–H groups in total. The molecule has 1 aromatic rings. The van der Waals surface area contributed by atoms with Crippen molar-refractivity contribution in [1.29, 1.82) is 0 Å². The zero-order valence-electron chi connectivity index (χ0n) is 12.2. The van der Waals surface area contributed by atoms with Gasteiger partial charge in [-0.1, -0.05) is 27.7 Å². The molecule has 5 heteroatoms. The van der Waals surface area contributed by atoms with Gasteiger partial charge in [-0.3, -0.25) is 0 Å². The van der Waals surface area contributed by atoms with E-state index in [1.165, 1.54) is 0 Å². The fourth-order valence-electron chi connectivity index (χ4n) is 1.62. The number of hydrogen-bond acceptors (Lipinski definition) is 5. The van der Waals surface area contributed by atoms with E-state index in [2.05, 4.69) is 62.0 Å². The maximum absolute atomic E-state index is 5.47. The van der Waals surface area contributed by atoms with Crippen molar-refractivity contribution >= 4 is 11.6 Å². The summed E-state index contributed by atoms with van der Waals surface area (Å²) in [7, 11) is 2.05. The van der Waals surface area contributed by atoms with Gasteiger partial charge in [-0.05, 0) is 12.8 Å². The van der Waals surface area contributed by atoms with Gasteiger partial charge in [0.25, 0.3) is 0 Å². The highest BCUT2D eigenvalue weighted by atomic mass is 15.3. The lowest BCUT2D eigenvalue weighted by Crippen LogP contribution is -2.34. The maximum Gasteiger partial charge on any atom is 0.145 e. The molecule has 0 aliphatic rings. The highest BCUT2D eigenvalue weighted by Crippen LogP contribution is 2.22. The molecule has 0 spiro atoms. The quantitative estimate of drug-likeness (QED) is 0.621. The molecule has 1 heterocycles. The molecule has 0 saturated carbocycles. The monoisotopic (exact) mass is 251 g/mol.